The molecule has 1 fully saturated rings. The van der Waals surface area contributed by atoms with Gasteiger partial charge in [0.15, 0.2) is 6.29 Å². The van der Waals surface area contributed by atoms with Crippen LogP contribution in [0.15, 0.2) is 36.4 Å². The zero-order valence-electron chi connectivity index (χ0n) is 17.4. The molecule has 0 atom stereocenters. The number of benzene rings is 2. The number of aliphatic hydroxyl groups is 1. The van der Waals surface area contributed by atoms with Crippen LogP contribution < -0.4 is 25.0 Å². The lowest BCUT2D eigenvalue weighted by Crippen LogP contribution is -2.46. The fourth-order valence-corrected chi connectivity index (χ4v) is 3.23. The molecule has 2 aromatic rings. The summed E-state index contributed by atoms with van der Waals surface area (Å²) in [5, 5.41) is 7.49. The molecule has 1 saturated heterocycles. The van der Waals surface area contributed by atoms with Gasteiger partial charge in [-0.05, 0) is 18.2 Å². The topological polar surface area (TPSA) is 88.3 Å². The van der Waals surface area contributed by atoms with Crippen LogP contribution in [-0.4, -0.2) is 64.4 Å². The largest absolute Gasteiger partial charge is 0.497 e. The molecule has 0 amide bonds. The van der Waals surface area contributed by atoms with Gasteiger partial charge in [0.05, 0.1) is 24.7 Å². The van der Waals surface area contributed by atoms with Crippen molar-refractivity contribution in [2.75, 3.05) is 57.3 Å². The molecule has 30 heavy (non-hydrogen) atoms. The number of rotatable bonds is 5. The number of hydrogen-bond acceptors (Lipinski definition) is 7. The highest BCUT2D eigenvalue weighted by atomic mass is 35.5. The minimum absolute atomic E-state index is 0.493. The van der Waals surface area contributed by atoms with Crippen LogP contribution in [0, 0.1) is 0 Å². The van der Waals surface area contributed by atoms with Crippen LogP contribution in [0.2, 0.25) is 5.02 Å². The summed E-state index contributed by atoms with van der Waals surface area (Å²) in [6.07, 6.45) is 0.778. The normalized spacial score (nSPS) is 12.6. The van der Waals surface area contributed by atoms with Crippen molar-refractivity contribution in [1.82, 2.24) is 0 Å². The molecule has 9 heteroatoms. The maximum Gasteiger partial charge on any atom is 0.151 e. The maximum absolute atomic E-state index is 10.9. The van der Waals surface area contributed by atoms with Crippen molar-refractivity contribution in [1.29, 1.82) is 0 Å². The maximum atomic E-state index is 10.9. The van der Waals surface area contributed by atoms with Gasteiger partial charge in [0.25, 0.3) is 0 Å². The van der Waals surface area contributed by atoms with E-state index in [1.165, 1.54) is 0 Å². The van der Waals surface area contributed by atoms with E-state index in [9.17, 15) is 4.79 Å². The molecule has 1 aliphatic rings. The van der Waals surface area contributed by atoms with Crippen LogP contribution >= 0.6 is 23.8 Å². The summed E-state index contributed by atoms with van der Waals surface area (Å²) in [7, 11) is 4.31. The molecule has 7 nitrogen and oxygen atoms in total. The van der Waals surface area contributed by atoms with Crippen molar-refractivity contribution in [3.05, 3.63) is 47.0 Å². The molecular weight excluding hydrogens is 426 g/mol. The Labute approximate surface area is 187 Å². The Morgan fingerprint density at radius 3 is 1.83 bits per heavy atom. The zero-order valence-corrected chi connectivity index (χ0v) is 18.9. The second kappa shape index (κ2) is 13.6. The van der Waals surface area contributed by atoms with Crippen LogP contribution in [0.5, 0.6) is 11.5 Å². The van der Waals surface area contributed by atoms with Gasteiger partial charge < -0.3 is 30.1 Å². The quantitative estimate of drug-likeness (QED) is 0.527. The SMILES string of the molecule is CO.COc1cc(OC)cc(N2CCN(c3ccc(C=O)c(Cl)c3)CC2)c1.NC=S. The minimum atomic E-state index is 0.493. The highest BCUT2D eigenvalue weighted by Gasteiger charge is 2.19. The van der Waals surface area contributed by atoms with Crippen molar-refractivity contribution in [2.24, 2.45) is 5.73 Å². The van der Waals surface area contributed by atoms with E-state index in [4.69, 9.17) is 26.2 Å². The number of ether oxygens (including phenoxy) is 2. The predicted octanol–water partition coefficient (Wildman–Crippen LogP) is 3.01. The Bertz CT molecular complexity index is 793. The fourth-order valence-electron chi connectivity index (χ4n) is 3.01. The van der Waals surface area contributed by atoms with E-state index in [0.29, 0.717) is 10.6 Å². The van der Waals surface area contributed by atoms with Gasteiger partial charge >= 0.3 is 0 Å². The van der Waals surface area contributed by atoms with Crippen molar-refractivity contribution >= 4 is 47.0 Å². The molecule has 2 aromatic carbocycles. The van der Waals surface area contributed by atoms with Gasteiger partial charge in [0, 0.05) is 68.4 Å². The van der Waals surface area contributed by atoms with E-state index in [1.54, 1.807) is 20.3 Å². The predicted molar refractivity (Wildman–Crippen MR) is 127 cm³/mol. The fraction of sp³-hybridized carbons (Fsp3) is 0.333. The average Bonchev–Trinajstić information content (AvgIpc) is 2.80. The minimum Gasteiger partial charge on any atom is -0.497 e. The third-order valence-corrected chi connectivity index (χ3v) is 4.78. The lowest BCUT2D eigenvalue weighted by atomic mass is 10.1. The monoisotopic (exact) mass is 453 g/mol. The molecular formula is C21H28ClN3O4S. The first-order chi connectivity index (χ1) is 14.6. The van der Waals surface area contributed by atoms with Crippen molar-refractivity contribution in [2.45, 2.75) is 0 Å². The smallest absolute Gasteiger partial charge is 0.151 e. The Balaban J connectivity index is 0.000000826. The van der Waals surface area contributed by atoms with Gasteiger partial charge in [-0.3, -0.25) is 4.79 Å². The van der Waals surface area contributed by atoms with E-state index in [0.717, 1.165) is 67.9 Å². The number of piperazine rings is 1. The molecule has 3 rings (SSSR count). The second-order valence-electron chi connectivity index (χ2n) is 6.00. The Hall–Kier alpha value is -2.55. The number of hydrogen-bond donors (Lipinski definition) is 2. The van der Waals surface area contributed by atoms with E-state index in [1.807, 2.05) is 30.3 Å². The molecule has 0 spiro atoms. The van der Waals surface area contributed by atoms with E-state index in [-0.39, 0.29) is 0 Å². The summed E-state index contributed by atoms with van der Waals surface area (Å²) in [6, 6.07) is 11.5. The van der Waals surface area contributed by atoms with Gasteiger partial charge in [-0.1, -0.05) is 23.8 Å². The number of nitrogens with two attached hydrogens (primary N) is 1. The highest BCUT2D eigenvalue weighted by Crippen LogP contribution is 2.30. The third-order valence-electron chi connectivity index (χ3n) is 4.46. The lowest BCUT2D eigenvalue weighted by Gasteiger charge is -2.37. The second-order valence-corrected chi connectivity index (χ2v) is 6.68. The molecule has 3 N–H and O–H groups in total. The van der Waals surface area contributed by atoms with Gasteiger partial charge in [0.2, 0.25) is 0 Å². The van der Waals surface area contributed by atoms with Crippen molar-refractivity contribution < 1.29 is 19.4 Å². The zero-order chi connectivity index (χ0) is 22.5. The van der Waals surface area contributed by atoms with Crippen LogP contribution in [0.1, 0.15) is 10.4 Å². The Kier molecular flexibility index (Phi) is 11.6. The van der Waals surface area contributed by atoms with Crippen LogP contribution in [0.3, 0.4) is 0 Å². The number of methoxy groups -OCH3 is 2. The highest BCUT2D eigenvalue weighted by molar-refractivity contribution is 7.78. The Morgan fingerprint density at radius 2 is 1.43 bits per heavy atom. The van der Waals surface area contributed by atoms with E-state index >= 15 is 0 Å². The standard InChI is InChI=1S/C19H21ClN2O3.CH3NS.CH4O/c1-24-17-9-16(10-18(12-17)25-2)22-7-5-21(6-8-22)15-4-3-14(13-23)19(20)11-15;2-1-3;1-2/h3-4,9-13H,5-8H2,1-2H3;1H,(H2,2,3);2H,1H3. The van der Waals surface area contributed by atoms with Crippen LogP contribution in [-0.2, 0) is 0 Å². The number of nitrogens with zero attached hydrogens (tertiary/aromatic N) is 2. The first-order valence-electron chi connectivity index (χ1n) is 9.14. The number of anilines is 2. The van der Waals surface area contributed by atoms with Gasteiger partial charge in [-0.2, -0.15) is 0 Å². The summed E-state index contributed by atoms with van der Waals surface area (Å²) in [5.74, 6) is 1.57. The number of carbonyl (C=O) groups is 1. The summed E-state index contributed by atoms with van der Waals surface area (Å²) < 4.78 is 10.7. The molecule has 0 aromatic heterocycles. The molecule has 1 aliphatic heterocycles. The summed E-state index contributed by atoms with van der Waals surface area (Å²) >= 11 is 10.2. The number of aliphatic hydroxyl groups excluding tert-OH is 1. The number of aldehydes is 1. The molecule has 0 radical (unpaired) electrons. The van der Waals surface area contributed by atoms with Gasteiger partial charge in [-0.15, -0.1) is 0 Å². The molecule has 164 valence electrons. The number of carbonyl (C=O) groups excluding carboxylic acids is 1. The first-order valence-corrected chi connectivity index (χ1v) is 9.99. The molecule has 0 bridgehead atoms. The van der Waals surface area contributed by atoms with E-state index < -0.39 is 0 Å². The summed E-state index contributed by atoms with van der Waals surface area (Å²) in [4.78, 5) is 15.5. The summed E-state index contributed by atoms with van der Waals surface area (Å²) in [6.45, 7) is 3.50. The van der Waals surface area contributed by atoms with Crippen molar-refractivity contribution in [3.63, 3.8) is 0 Å². The number of thiocarbonyl (C=S) groups is 1. The van der Waals surface area contributed by atoms with Crippen molar-refractivity contribution in [3.8, 4) is 11.5 Å². The lowest BCUT2D eigenvalue weighted by molar-refractivity contribution is 0.112. The Morgan fingerprint density at radius 1 is 0.967 bits per heavy atom. The van der Waals surface area contributed by atoms with Crippen LogP contribution in [0.4, 0.5) is 11.4 Å². The van der Waals surface area contributed by atoms with Crippen LogP contribution in [0.25, 0.3) is 0 Å². The molecule has 0 saturated carbocycles. The van der Waals surface area contributed by atoms with Gasteiger partial charge in [0.1, 0.15) is 11.5 Å². The third kappa shape index (κ3) is 7.05. The molecule has 0 unspecified atom stereocenters. The first kappa shape index (κ1) is 25.5. The average molecular weight is 454 g/mol. The summed E-state index contributed by atoms with van der Waals surface area (Å²) in [5.41, 5.74) is 8.27. The van der Waals surface area contributed by atoms with E-state index in [2.05, 4.69) is 27.8 Å². The number of halogens is 1. The van der Waals surface area contributed by atoms with Gasteiger partial charge in [-0.25, -0.2) is 0 Å². The molecule has 1 heterocycles. The molecule has 0 aliphatic carbocycles.